The Labute approximate surface area is 113 Å². The van der Waals surface area contributed by atoms with E-state index in [0.29, 0.717) is 0 Å². The van der Waals surface area contributed by atoms with Crippen molar-refractivity contribution in [2.45, 2.75) is 26.9 Å². The van der Waals surface area contributed by atoms with Crippen molar-refractivity contribution in [1.29, 1.82) is 0 Å². The molecule has 0 atom stereocenters. The molecule has 18 heavy (non-hydrogen) atoms. The van der Waals surface area contributed by atoms with Crippen molar-refractivity contribution in [3.63, 3.8) is 0 Å². The van der Waals surface area contributed by atoms with Crippen molar-refractivity contribution in [2.24, 2.45) is 0 Å². The van der Waals surface area contributed by atoms with E-state index in [0.717, 1.165) is 23.7 Å². The van der Waals surface area contributed by atoms with Gasteiger partial charge in [-0.3, -0.25) is 4.98 Å². The van der Waals surface area contributed by atoms with E-state index < -0.39 is 0 Å². The van der Waals surface area contributed by atoms with Gasteiger partial charge in [0, 0.05) is 30.5 Å². The first-order chi connectivity index (χ1) is 8.66. The monoisotopic (exact) mass is 260 g/mol. The number of rotatable bonds is 4. The molecule has 2 nitrogen and oxygen atoms in total. The second-order valence-corrected chi connectivity index (χ2v) is 4.91. The number of aromatic nitrogens is 1. The van der Waals surface area contributed by atoms with E-state index in [2.05, 4.69) is 29.4 Å². The number of halogens is 1. The third-order valence-corrected chi connectivity index (χ3v) is 3.34. The Bertz CT molecular complexity index is 538. The zero-order valence-electron chi connectivity index (χ0n) is 10.7. The Kier molecular flexibility index (Phi) is 4.34. The molecule has 1 N–H and O–H groups in total. The Hall–Kier alpha value is -1.38. The third-order valence-electron chi connectivity index (χ3n) is 2.99. The highest BCUT2D eigenvalue weighted by molar-refractivity contribution is 6.31. The van der Waals surface area contributed by atoms with Crippen LogP contribution in [0.4, 0.5) is 0 Å². The summed E-state index contributed by atoms with van der Waals surface area (Å²) < 4.78 is 0. The van der Waals surface area contributed by atoms with Crippen molar-refractivity contribution < 1.29 is 0 Å². The van der Waals surface area contributed by atoms with Crippen LogP contribution in [0.25, 0.3) is 0 Å². The van der Waals surface area contributed by atoms with Crippen molar-refractivity contribution in [3.05, 3.63) is 63.9 Å². The number of pyridine rings is 1. The predicted molar refractivity (Wildman–Crippen MR) is 75.7 cm³/mol. The predicted octanol–water partition coefficient (Wildman–Crippen LogP) is 3.64. The molecular formula is C15H17ClN2. The van der Waals surface area contributed by atoms with Crippen LogP contribution in [-0.2, 0) is 13.1 Å². The van der Waals surface area contributed by atoms with Crippen molar-refractivity contribution in [1.82, 2.24) is 10.3 Å². The number of hydrogen-bond donors (Lipinski definition) is 1. The molecule has 2 rings (SSSR count). The lowest BCUT2D eigenvalue weighted by atomic mass is 10.1. The van der Waals surface area contributed by atoms with Gasteiger partial charge < -0.3 is 5.32 Å². The fraction of sp³-hybridized carbons (Fsp3) is 0.267. The summed E-state index contributed by atoms with van der Waals surface area (Å²) in [5, 5.41) is 4.22. The zero-order chi connectivity index (χ0) is 13.0. The summed E-state index contributed by atoms with van der Waals surface area (Å²) in [6, 6.07) is 8.17. The van der Waals surface area contributed by atoms with Crippen LogP contribution in [0.5, 0.6) is 0 Å². The highest BCUT2D eigenvalue weighted by atomic mass is 35.5. The van der Waals surface area contributed by atoms with Gasteiger partial charge >= 0.3 is 0 Å². The maximum atomic E-state index is 6.19. The molecule has 0 aliphatic rings. The molecule has 2 aromatic rings. The highest BCUT2D eigenvalue weighted by Gasteiger charge is 2.01. The minimum absolute atomic E-state index is 0.771. The molecular weight excluding hydrogens is 244 g/mol. The maximum Gasteiger partial charge on any atom is 0.0453 e. The van der Waals surface area contributed by atoms with Gasteiger partial charge in [-0.05, 0) is 48.2 Å². The molecule has 0 saturated carbocycles. The Morgan fingerprint density at radius 3 is 2.61 bits per heavy atom. The summed E-state index contributed by atoms with van der Waals surface area (Å²) in [5.74, 6) is 0. The number of benzene rings is 1. The van der Waals surface area contributed by atoms with Crippen molar-refractivity contribution in [2.75, 3.05) is 0 Å². The molecule has 1 aromatic heterocycles. The normalized spacial score (nSPS) is 10.6. The van der Waals surface area contributed by atoms with Crippen LogP contribution >= 0.6 is 11.6 Å². The summed E-state index contributed by atoms with van der Waals surface area (Å²) in [4.78, 5) is 4.13. The average Bonchev–Trinajstić information content (AvgIpc) is 2.34. The quantitative estimate of drug-likeness (QED) is 0.908. The van der Waals surface area contributed by atoms with E-state index in [1.807, 2.05) is 31.5 Å². The van der Waals surface area contributed by atoms with E-state index in [-0.39, 0.29) is 0 Å². The van der Waals surface area contributed by atoms with Gasteiger partial charge in [-0.1, -0.05) is 23.7 Å². The van der Waals surface area contributed by atoms with Crippen LogP contribution in [0.1, 0.15) is 22.3 Å². The second kappa shape index (κ2) is 5.98. The zero-order valence-corrected chi connectivity index (χ0v) is 11.5. The summed E-state index contributed by atoms with van der Waals surface area (Å²) >= 11 is 6.19. The van der Waals surface area contributed by atoms with Gasteiger partial charge in [0.2, 0.25) is 0 Å². The van der Waals surface area contributed by atoms with E-state index >= 15 is 0 Å². The first-order valence-electron chi connectivity index (χ1n) is 6.02. The molecule has 0 fully saturated rings. The first-order valence-corrected chi connectivity index (χ1v) is 6.40. The number of nitrogens with zero attached hydrogens (tertiary/aromatic N) is 1. The SMILES string of the molecule is Cc1ccc(CNCc2cnccc2C)c(Cl)c1. The molecule has 0 saturated heterocycles. The number of hydrogen-bond acceptors (Lipinski definition) is 2. The topological polar surface area (TPSA) is 24.9 Å². The van der Waals surface area contributed by atoms with Crippen molar-refractivity contribution in [3.8, 4) is 0 Å². The number of nitrogens with one attached hydrogen (secondary N) is 1. The van der Waals surface area contributed by atoms with Gasteiger partial charge in [0.1, 0.15) is 0 Å². The standard InChI is InChI=1S/C15H17ClN2/c1-11-3-4-13(15(16)7-11)8-18-10-14-9-17-6-5-12(14)2/h3-7,9,18H,8,10H2,1-2H3. The van der Waals surface area contributed by atoms with Gasteiger partial charge in [0.25, 0.3) is 0 Å². The van der Waals surface area contributed by atoms with Gasteiger partial charge in [0.15, 0.2) is 0 Å². The summed E-state index contributed by atoms with van der Waals surface area (Å²) in [5.41, 5.74) is 4.80. The lowest BCUT2D eigenvalue weighted by Gasteiger charge is -2.09. The number of aryl methyl sites for hydroxylation is 2. The summed E-state index contributed by atoms with van der Waals surface area (Å²) in [6.07, 6.45) is 3.72. The molecule has 0 spiro atoms. The van der Waals surface area contributed by atoms with Crippen LogP contribution in [0.3, 0.4) is 0 Å². The lowest BCUT2D eigenvalue weighted by molar-refractivity contribution is 0.688. The molecule has 94 valence electrons. The molecule has 0 unspecified atom stereocenters. The highest BCUT2D eigenvalue weighted by Crippen LogP contribution is 2.17. The Balaban J connectivity index is 1.95. The fourth-order valence-electron chi connectivity index (χ4n) is 1.81. The molecule has 3 heteroatoms. The maximum absolute atomic E-state index is 6.19. The summed E-state index contributed by atoms with van der Waals surface area (Å²) in [6.45, 7) is 5.72. The smallest absolute Gasteiger partial charge is 0.0453 e. The first kappa shape index (κ1) is 13.1. The molecule has 0 aliphatic carbocycles. The minimum Gasteiger partial charge on any atom is -0.308 e. The second-order valence-electron chi connectivity index (χ2n) is 4.50. The van der Waals surface area contributed by atoms with E-state index in [1.54, 1.807) is 0 Å². The van der Waals surface area contributed by atoms with Crippen LogP contribution in [0, 0.1) is 13.8 Å². The van der Waals surface area contributed by atoms with Crippen molar-refractivity contribution >= 4 is 11.6 Å². The van der Waals surface area contributed by atoms with Crippen LogP contribution in [0.2, 0.25) is 5.02 Å². The fourth-order valence-corrected chi connectivity index (χ4v) is 2.11. The Morgan fingerprint density at radius 1 is 1.11 bits per heavy atom. The summed E-state index contributed by atoms with van der Waals surface area (Å²) in [7, 11) is 0. The molecule has 0 bridgehead atoms. The Morgan fingerprint density at radius 2 is 1.89 bits per heavy atom. The van der Waals surface area contributed by atoms with Crippen LogP contribution < -0.4 is 5.32 Å². The molecule has 1 heterocycles. The molecule has 1 aromatic carbocycles. The van der Waals surface area contributed by atoms with E-state index in [1.165, 1.54) is 16.7 Å². The van der Waals surface area contributed by atoms with Crippen LogP contribution in [-0.4, -0.2) is 4.98 Å². The molecule has 0 radical (unpaired) electrons. The molecule has 0 aliphatic heterocycles. The van der Waals surface area contributed by atoms with Gasteiger partial charge in [0.05, 0.1) is 0 Å². The van der Waals surface area contributed by atoms with Crippen LogP contribution in [0.15, 0.2) is 36.7 Å². The van der Waals surface area contributed by atoms with Gasteiger partial charge in [-0.25, -0.2) is 0 Å². The minimum atomic E-state index is 0.771. The largest absolute Gasteiger partial charge is 0.308 e. The van der Waals surface area contributed by atoms with E-state index in [9.17, 15) is 0 Å². The van der Waals surface area contributed by atoms with Gasteiger partial charge in [-0.15, -0.1) is 0 Å². The van der Waals surface area contributed by atoms with Gasteiger partial charge in [-0.2, -0.15) is 0 Å². The molecule has 0 amide bonds. The van der Waals surface area contributed by atoms with E-state index in [4.69, 9.17) is 11.6 Å². The lowest BCUT2D eigenvalue weighted by Crippen LogP contribution is -2.14. The third kappa shape index (κ3) is 3.31. The average molecular weight is 261 g/mol.